The largest absolute Gasteiger partial charge is 0.475 e. The zero-order chi connectivity index (χ0) is 15.9. The summed E-state index contributed by atoms with van der Waals surface area (Å²) >= 11 is 3.38. The van der Waals surface area contributed by atoms with Gasteiger partial charge in [-0.15, -0.1) is 0 Å². The number of para-hydroxylation sites is 2. The van der Waals surface area contributed by atoms with Gasteiger partial charge in [0.2, 0.25) is 0 Å². The van der Waals surface area contributed by atoms with Crippen LogP contribution >= 0.6 is 15.9 Å². The van der Waals surface area contributed by atoms with Gasteiger partial charge in [-0.2, -0.15) is 0 Å². The van der Waals surface area contributed by atoms with Crippen molar-refractivity contribution in [2.45, 2.75) is 20.0 Å². The third-order valence-electron chi connectivity index (χ3n) is 2.81. The predicted molar refractivity (Wildman–Crippen MR) is 87.4 cm³/mol. The van der Waals surface area contributed by atoms with Crippen molar-refractivity contribution in [3.63, 3.8) is 0 Å². The number of rotatable bonds is 6. The molecule has 0 aliphatic heterocycles. The van der Waals surface area contributed by atoms with Crippen LogP contribution in [-0.2, 0) is 9.53 Å². The average Bonchev–Trinajstić information content (AvgIpc) is 2.51. The van der Waals surface area contributed by atoms with Crippen LogP contribution in [-0.4, -0.2) is 18.7 Å². The molecule has 0 N–H and O–H groups in total. The Balaban J connectivity index is 2.12. The molecule has 0 aromatic heterocycles. The van der Waals surface area contributed by atoms with Crippen LogP contribution in [0.25, 0.3) is 0 Å². The van der Waals surface area contributed by atoms with Crippen molar-refractivity contribution in [2.75, 3.05) is 6.61 Å². The summed E-state index contributed by atoms with van der Waals surface area (Å²) in [6.07, 6.45) is -0.699. The number of halogens is 1. The molecule has 0 heterocycles. The van der Waals surface area contributed by atoms with Crippen molar-refractivity contribution in [1.82, 2.24) is 0 Å². The minimum absolute atomic E-state index is 0.323. The Kier molecular flexibility index (Phi) is 5.83. The monoisotopic (exact) mass is 364 g/mol. The summed E-state index contributed by atoms with van der Waals surface area (Å²) in [7, 11) is 0. The Bertz CT molecular complexity index is 625. The number of carbonyl (C=O) groups excluding carboxylic acids is 1. The topological polar surface area (TPSA) is 44.8 Å². The first kappa shape index (κ1) is 16.4. The van der Waals surface area contributed by atoms with Gasteiger partial charge in [0, 0.05) is 4.47 Å². The molecular formula is C17H17BrO4. The first-order chi connectivity index (χ1) is 10.6. The summed E-state index contributed by atoms with van der Waals surface area (Å²) in [5.74, 6) is 1.32. The smallest absolute Gasteiger partial charge is 0.347 e. The van der Waals surface area contributed by atoms with E-state index >= 15 is 0 Å². The maximum atomic E-state index is 11.7. The minimum atomic E-state index is -0.699. The molecule has 0 fully saturated rings. The Hall–Kier alpha value is -2.01. The Morgan fingerprint density at radius 3 is 2.36 bits per heavy atom. The highest BCUT2D eigenvalue weighted by Crippen LogP contribution is 2.32. The summed E-state index contributed by atoms with van der Waals surface area (Å²) < 4.78 is 17.4. The lowest BCUT2D eigenvalue weighted by atomic mass is 10.3. The highest BCUT2D eigenvalue weighted by molar-refractivity contribution is 9.10. The van der Waals surface area contributed by atoms with Crippen molar-refractivity contribution in [3.8, 4) is 17.2 Å². The van der Waals surface area contributed by atoms with Gasteiger partial charge in [0.1, 0.15) is 5.75 Å². The second-order valence-electron chi connectivity index (χ2n) is 4.51. The summed E-state index contributed by atoms with van der Waals surface area (Å²) in [5.41, 5.74) is 0. The summed E-state index contributed by atoms with van der Waals surface area (Å²) in [6.45, 7) is 3.73. The van der Waals surface area contributed by atoms with Crippen LogP contribution in [0.15, 0.2) is 53.0 Å². The standard InChI is InChI=1S/C17H17BrO4/c1-3-20-17(19)12(2)21-15-6-4-5-7-16(15)22-14-10-8-13(18)9-11-14/h4-12H,3H2,1-2H3. The third-order valence-corrected chi connectivity index (χ3v) is 3.34. The van der Waals surface area contributed by atoms with E-state index in [4.69, 9.17) is 14.2 Å². The van der Waals surface area contributed by atoms with Crippen molar-refractivity contribution in [1.29, 1.82) is 0 Å². The molecular weight excluding hydrogens is 348 g/mol. The number of hydrogen-bond donors (Lipinski definition) is 0. The summed E-state index contributed by atoms with van der Waals surface area (Å²) in [5, 5.41) is 0. The number of hydrogen-bond acceptors (Lipinski definition) is 4. The molecule has 5 heteroatoms. The van der Waals surface area contributed by atoms with Crippen LogP contribution in [0.2, 0.25) is 0 Å². The highest BCUT2D eigenvalue weighted by atomic mass is 79.9. The van der Waals surface area contributed by atoms with Gasteiger partial charge < -0.3 is 14.2 Å². The van der Waals surface area contributed by atoms with E-state index < -0.39 is 12.1 Å². The third kappa shape index (κ3) is 4.49. The molecule has 0 spiro atoms. The van der Waals surface area contributed by atoms with E-state index in [0.717, 1.165) is 4.47 Å². The van der Waals surface area contributed by atoms with Gasteiger partial charge in [-0.25, -0.2) is 4.79 Å². The molecule has 0 aliphatic carbocycles. The molecule has 0 bridgehead atoms. The quantitative estimate of drug-likeness (QED) is 0.704. The SMILES string of the molecule is CCOC(=O)C(C)Oc1ccccc1Oc1ccc(Br)cc1. The second-order valence-corrected chi connectivity index (χ2v) is 5.43. The molecule has 2 rings (SSSR count). The molecule has 1 unspecified atom stereocenters. The lowest BCUT2D eigenvalue weighted by Gasteiger charge is -2.16. The molecule has 1 atom stereocenters. The van der Waals surface area contributed by atoms with Crippen molar-refractivity contribution >= 4 is 21.9 Å². The van der Waals surface area contributed by atoms with Crippen LogP contribution in [0.5, 0.6) is 17.2 Å². The zero-order valence-electron chi connectivity index (χ0n) is 12.4. The van der Waals surface area contributed by atoms with Gasteiger partial charge in [0.15, 0.2) is 17.6 Å². The number of benzene rings is 2. The van der Waals surface area contributed by atoms with E-state index in [9.17, 15) is 4.79 Å². The van der Waals surface area contributed by atoms with Crippen molar-refractivity contribution in [2.24, 2.45) is 0 Å². The van der Waals surface area contributed by atoms with E-state index in [-0.39, 0.29) is 0 Å². The van der Waals surface area contributed by atoms with Crippen molar-refractivity contribution in [3.05, 3.63) is 53.0 Å². The summed E-state index contributed by atoms with van der Waals surface area (Å²) in [6, 6.07) is 14.7. The Morgan fingerprint density at radius 1 is 1.09 bits per heavy atom. The molecule has 116 valence electrons. The van der Waals surface area contributed by atoms with Gasteiger partial charge in [0.05, 0.1) is 6.61 Å². The van der Waals surface area contributed by atoms with Crippen LogP contribution in [0, 0.1) is 0 Å². The van der Waals surface area contributed by atoms with Gasteiger partial charge in [-0.05, 0) is 50.2 Å². The average molecular weight is 365 g/mol. The van der Waals surface area contributed by atoms with Gasteiger partial charge in [0.25, 0.3) is 0 Å². The summed E-state index contributed by atoms with van der Waals surface area (Å²) in [4.78, 5) is 11.7. The molecule has 0 aliphatic rings. The molecule has 0 radical (unpaired) electrons. The maximum absolute atomic E-state index is 11.7. The molecule has 2 aromatic carbocycles. The van der Waals surface area contributed by atoms with Crippen LogP contribution in [0.1, 0.15) is 13.8 Å². The highest BCUT2D eigenvalue weighted by Gasteiger charge is 2.17. The minimum Gasteiger partial charge on any atom is -0.475 e. The Morgan fingerprint density at radius 2 is 1.73 bits per heavy atom. The van der Waals surface area contributed by atoms with E-state index in [2.05, 4.69) is 15.9 Å². The van der Waals surface area contributed by atoms with Gasteiger partial charge >= 0.3 is 5.97 Å². The first-order valence-corrected chi connectivity index (χ1v) is 7.75. The Labute approximate surface area is 138 Å². The van der Waals surface area contributed by atoms with E-state index in [1.54, 1.807) is 26.0 Å². The maximum Gasteiger partial charge on any atom is 0.347 e. The zero-order valence-corrected chi connectivity index (χ0v) is 14.0. The number of esters is 1. The molecule has 0 saturated heterocycles. The molecule has 0 amide bonds. The lowest BCUT2D eigenvalue weighted by molar-refractivity contribution is -0.150. The predicted octanol–water partition coefficient (Wildman–Crippen LogP) is 4.57. The molecule has 4 nitrogen and oxygen atoms in total. The molecule has 0 saturated carbocycles. The molecule has 2 aromatic rings. The number of ether oxygens (including phenoxy) is 3. The number of carbonyl (C=O) groups is 1. The van der Waals surface area contributed by atoms with E-state index in [0.29, 0.717) is 23.9 Å². The normalized spacial score (nSPS) is 11.6. The fourth-order valence-corrected chi connectivity index (χ4v) is 2.02. The fourth-order valence-electron chi connectivity index (χ4n) is 1.76. The van der Waals surface area contributed by atoms with E-state index in [1.807, 2.05) is 36.4 Å². The van der Waals surface area contributed by atoms with Gasteiger partial charge in [-0.1, -0.05) is 28.1 Å². The van der Waals surface area contributed by atoms with Crippen LogP contribution in [0.4, 0.5) is 0 Å². The fraction of sp³-hybridized carbons (Fsp3) is 0.235. The van der Waals surface area contributed by atoms with E-state index in [1.165, 1.54) is 0 Å². The second kappa shape index (κ2) is 7.84. The van der Waals surface area contributed by atoms with Crippen LogP contribution < -0.4 is 9.47 Å². The molecule has 22 heavy (non-hydrogen) atoms. The first-order valence-electron chi connectivity index (χ1n) is 6.96. The van der Waals surface area contributed by atoms with Crippen molar-refractivity contribution < 1.29 is 19.0 Å². The van der Waals surface area contributed by atoms with Gasteiger partial charge in [-0.3, -0.25) is 0 Å². The lowest BCUT2D eigenvalue weighted by Crippen LogP contribution is -2.26. The van der Waals surface area contributed by atoms with Crippen LogP contribution in [0.3, 0.4) is 0 Å².